The molecule has 0 aliphatic carbocycles. The highest BCUT2D eigenvalue weighted by atomic mass is 35.5. The highest BCUT2D eigenvalue weighted by Crippen LogP contribution is 2.32. The van der Waals surface area contributed by atoms with Gasteiger partial charge in [0.25, 0.3) is 0 Å². The minimum atomic E-state index is -0.244. The van der Waals surface area contributed by atoms with E-state index in [1.165, 1.54) is 0 Å². The first kappa shape index (κ1) is 21.3. The number of nitrogens with one attached hydrogen (secondary N) is 1. The van der Waals surface area contributed by atoms with E-state index in [2.05, 4.69) is 10.2 Å². The number of nitrogens with zero attached hydrogens (tertiary/aromatic N) is 1. The van der Waals surface area contributed by atoms with Gasteiger partial charge in [0, 0.05) is 19.0 Å². The van der Waals surface area contributed by atoms with Crippen LogP contribution in [0.2, 0.25) is 10.0 Å². The van der Waals surface area contributed by atoms with Gasteiger partial charge < -0.3 is 20.7 Å². The second-order valence-electron chi connectivity index (χ2n) is 6.88. The van der Waals surface area contributed by atoms with E-state index < -0.39 is 0 Å². The Balaban J connectivity index is 1.56. The molecule has 1 saturated heterocycles. The maximum Gasteiger partial charge on any atom is 0.227 e. The van der Waals surface area contributed by atoms with Crippen LogP contribution in [0, 0.1) is 5.92 Å². The normalized spacial score (nSPS) is 14.5. The zero-order valence-corrected chi connectivity index (χ0v) is 17.4. The maximum absolute atomic E-state index is 12.4. The van der Waals surface area contributed by atoms with Crippen molar-refractivity contribution in [2.75, 3.05) is 29.9 Å². The number of benzene rings is 2. The number of anilines is 2. The lowest BCUT2D eigenvalue weighted by Gasteiger charge is -2.33. The Hall–Kier alpha value is -2.44. The molecule has 2 amide bonds. The molecule has 0 unspecified atom stereocenters. The molecule has 0 radical (unpaired) electrons. The first-order valence-corrected chi connectivity index (χ1v) is 10.2. The molecule has 0 saturated carbocycles. The summed E-state index contributed by atoms with van der Waals surface area (Å²) >= 11 is 12.0. The summed E-state index contributed by atoms with van der Waals surface area (Å²) in [4.78, 5) is 25.9. The number of hydrogen-bond acceptors (Lipinski definition) is 4. The van der Waals surface area contributed by atoms with E-state index in [9.17, 15) is 9.59 Å². The van der Waals surface area contributed by atoms with Crippen molar-refractivity contribution >= 4 is 46.4 Å². The molecule has 1 heterocycles. The number of carbonyl (C=O) groups is 2. The van der Waals surface area contributed by atoms with Gasteiger partial charge in [0.05, 0.1) is 29.4 Å². The molecule has 154 valence electrons. The molecule has 0 aromatic heterocycles. The Kier molecular flexibility index (Phi) is 7.23. The lowest BCUT2D eigenvalue weighted by molar-refractivity contribution is -0.122. The molecule has 0 spiro atoms. The number of ether oxygens (including phenoxy) is 1. The van der Waals surface area contributed by atoms with Crippen LogP contribution in [0.5, 0.6) is 5.75 Å². The highest BCUT2D eigenvalue weighted by Gasteiger charge is 2.24. The molecule has 0 atom stereocenters. The van der Waals surface area contributed by atoms with Gasteiger partial charge in [-0.1, -0.05) is 41.4 Å². The van der Waals surface area contributed by atoms with Gasteiger partial charge in [0.1, 0.15) is 10.8 Å². The fourth-order valence-electron chi connectivity index (χ4n) is 3.32. The molecular formula is C21H23Cl2N3O3. The standard InChI is InChI=1S/C21H23Cl2N3O3/c22-15-4-3-7-18(20(15)23)29-13-10-19(27)25-16-5-1-2-6-17(16)26-11-8-14(9-12-26)21(24)28/h1-7,14H,8-13H2,(H2,24,28)(H,25,27). The molecule has 2 aromatic carbocycles. The van der Waals surface area contributed by atoms with Gasteiger partial charge in [-0.25, -0.2) is 0 Å². The second kappa shape index (κ2) is 9.85. The van der Waals surface area contributed by atoms with Gasteiger partial charge in [-0.15, -0.1) is 0 Å². The lowest BCUT2D eigenvalue weighted by atomic mass is 9.96. The monoisotopic (exact) mass is 435 g/mol. The predicted molar refractivity (Wildman–Crippen MR) is 116 cm³/mol. The largest absolute Gasteiger partial charge is 0.491 e. The minimum Gasteiger partial charge on any atom is -0.491 e. The van der Waals surface area contributed by atoms with Crippen molar-refractivity contribution in [3.8, 4) is 5.75 Å². The first-order chi connectivity index (χ1) is 14.0. The number of rotatable bonds is 7. The molecule has 0 bridgehead atoms. The van der Waals surface area contributed by atoms with Gasteiger partial charge >= 0.3 is 0 Å². The summed E-state index contributed by atoms with van der Waals surface area (Å²) in [5.74, 6) is -0.0400. The van der Waals surface area contributed by atoms with Gasteiger partial charge in [-0.3, -0.25) is 9.59 Å². The van der Waals surface area contributed by atoms with Gasteiger partial charge in [0.15, 0.2) is 0 Å². The summed E-state index contributed by atoms with van der Waals surface area (Å²) in [5.41, 5.74) is 7.08. The average Bonchev–Trinajstić information content (AvgIpc) is 2.71. The van der Waals surface area contributed by atoms with E-state index in [0.29, 0.717) is 28.6 Å². The Labute approximate surface area is 179 Å². The van der Waals surface area contributed by atoms with Gasteiger partial charge in [0.2, 0.25) is 11.8 Å². The minimum absolute atomic E-state index is 0.0801. The van der Waals surface area contributed by atoms with Gasteiger partial charge in [-0.2, -0.15) is 0 Å². The van der Waals surface area contributed by atoms with Crippen LogP contribution >= 0.6 is 23.2 Å². The van der Waals surface area contributed by atoms with Crippen LogP contribution in [0.25, 0.3) is 0 Å². The molecule has 6 nitrogen and oxygen atoms in total. The molecule has 3 N–H and O–H groups in total. The molecule has 29 heavy (non-hydrogen) atoms. The third-order valence-corrected chi connectivity index (χ3v) is 5.72. The summed E-state index contributed by atoms with van der Waals surface area (Å²) in [5, 5.41) is 3.68. The van der Waals surface area contributed by atoms with Crippen LogP contribution in [-0.4, -0.2) is 31.5 Å². The predicted octanol–water partition coefficient (Wildman–Crippen LogP) is 4.10. The maximum atomic E-state index is 12.4. The fourth-order valence-corrected chi connectivity index (χ4v) is 3.67. The summed E-state index contributed by atoms with van der Waals surface area (Å²) in [6, 6.07) is 12.7. The Morgan fingerprint density at radius 1 is 1.10 bits per heavy atom. The average molecular weight is 436 g/mol. The zero-order chi connectivity index (χ0) is 20.8. The molecule has 2 aromatic rings. The van der Waals surface area contributed by atoms with Crippen LogP contribution in [0.1, 0.15) is 19.3 Å². The van der Waals surface area contributed by atoms with E-state index in [4.69, 9.17) is 33.7 Å². The van der Waals surface area contributed by atoms with Crippen LogP contribution in [0.4, 0.5) is 11.4 Å². The fraction of sp³-hybridized carbons (Fsp3) is 0.333. The topological polar surface area (TPSA) is 84.7 Å². The van der Waals surface area contributed by atoms with Gasteiger partial charge in [-0.05, 0) is 37.1 Å². The van der Waals surface area contributed by atoms with Crippen molar-refractivity contribution in [3.63, 3.8) is 0 Å². The SMILES string of the molecule is NC(=O)C1CCN(c2ccccc2NC(=O)CCOc2cccc(Cl)c2Cl)CC1. The molecular weight excluding hydrogens is 413 g/mol. The third kappa shape index (κ3) is 5.55. The second-order valence-corrected chi connectivity index (χ2v) is 7.66. The van der Waals surface area contributed by atoms with Crippen LogP contribution < -0.4 is 20.7 Å². The number of piperidine rings is 1. The molecule has 1 aliphatic heterocycles. The van der Waals surface area contributed by atoms with E-state index >= 15 is 0 Å². The third-order valence-electron chi connectivity index (χ3n) is 4.92. The zero-order valence-electron chi connectivity index (χ0n) is 15.9. The molecule has 3 rings (SSSR count). The van der Waals surface area contributed by atoms with E-state index in [0.717, 1.165) is 24.5 Å². The quantitative estimate of drug-likeness (QED) is 0.685. The van der Waals surface area contributed by atoms with Crippen molar-refractivity contribution < 1.29 is 14.3 Å². The smallest absolute Gasteiger partial charge is 0.227 e. The number of carbonyl (C=O) groups excluding carboxylic acids is 2. The number of nitrogens with two attached hydrogens (primary N) is 1. The van der Waals surface area contributed by atoms with Crippen LogP contribution in [0.3, 0.4) is 0 Å². The Morgan fingerprint density at radius 3 is 2.55 bits per heavy atom. The molecule has 8 heteroatoms. The van der Waals surface area contributed by atoms with Crippen molar-refractivity contribution in [1.29, 1.82) is 0 Å². The summed E-state index contributed by atoms with van der Waals surface area (Å²) < 4.78 is 5.58. The van der Waals surface area contributed by atoms with Crippen molar-refractivity contribution in [3.05, 3.63) is 52.5 Å². The van der Waals surface area contributed by atoms with E-state index in [1.54, 1.807) is 18.2 Å². The number of halogens is 2. The Bertz CT molecular complexity index is 883. The number of para-hydroxylation sites is 2. The Morgan fingerprint density at radius 2 is 1.83 bits per heavy atom. The van der Waals surface area contributed by atoms with Crippen molar-refractivity contribution in [2.24, 2.45) is 11.7 Å². The van der Waals surface area contributed by atoms with Crippen LogP contribution in [-0.2, 0) is 9.59 Å². The summed E-state index contributed by atoms with van der Waals surface area (Å²) in [6.45, 7) is 1.62. The van der Waals surface area contributed by atoms with Crippen molar-refractivity contribution in [2.45, 2.75) is 19.3 Å². The van der Waals surface area contributed by atoms with E-state index in [1.807, 2.05) is 24.3 Å². The van der Waals surface area contributed by atoms with Crippen LogP contribution in [0.15, 0.2) is 42.5 Å². The number of hydrogen-bond donors (Lipinski definition) is 2. The van der Waals surface area contributed by atoms with E-state index in [-0.39, 0.29) is 30.8 Å². The summed E-state index contributed by atoms with van der Waals surface area (Å²) in [6.07, 6.45) is 1.60. The number of amides is 2. The molecule has 1 fully saturated rings. The highest BCUT2D eigenvalue weighted by molar-refractivity contribution is 6.42. The lowest BCUT2D eigenvalue weighted by Crippen LogP contribution is -2.38. The van der Waals surface area contributed by atoms with Crippen molar-refractivity contribution in [1.82, 2.24) is 0 Å². The first-order valence-electron chi connectivity index (χ1n) is 9.45. The summed E-state index contributed by atoms with van der Waals surface area (Å²) in [7, 11) is 0. The number of primary amides is 1. The molecule has 1 aliphatic rings.